The lowest BCUT2D eigenvalue weighted by Gasteiger charge is -2.49. The van der Waals surface area contributed by atoms with Crippen molar-refractivity contribution < 1.29 is 4.92 Å². The maximum atomic E-state index is 12.5. The Morgan fingerprint density at radius 2 is 1.97 bits per heavy atom. The minimum absolute atomic E-state index is 0.101. The first-order valence-corrected chi connectivity index (χ1v) is 10.2. The summed E-state index contributed by atoms with van der Waals surface area (Å²) >= 11 is 0. The first-order valence-electron chi connectivity index (χ1n) is 10.2. The summed E-state index contributed by atoms with van der Waals surface area (Å²) in [6, 6.07) is 2.19. The molecule has 4 heteroatoms. The summed E-state index contributed by atoms with van der Waals surface area (Å²) in [7, 11) is 0. The normalized spacial score (nSPS) is 38.2. The van der Waals surface area contributed by atoms with Gasteiger partial charge in [0.15, 0.2) is 0 Å². The molecule has 2 bridgehead atoms. The second kappa shape index (κ2) is 5.36. The average molecular weight is 384 g/mol. The van der Waals surface area contributed by atoms with E-state index < -0.39 is 5.41 Å². The van der Waals surface area contributed by atoms with E-state index in [1.165, 1.54) is 0 Å². The van der Waals surface area contributed by atoms with Crippen molar-refractivity contribution in [1.82, 2.24) is 0 Å². The fourth-order valence-corrected chi connectivity index (χ4v) is 6.86. The molecule has 5 aliphatic carbocycles. The lowest BCUT2D eigenvalue weighted by atomic mass is 9.52. The van der Waals surface area contributed by atoms with Gasteiger partial charge in [-0.05, 0) is 39.5 Å². The number of hydrogen-bond donors (Lipinski definition) is 0. The zero-order valence-electron chi connectivity index (χ0n) is 17.1. The van der Waals surface area contributed by atoms with Gasteiger partial charge in [-0.1, -0.05) is 70.2 Å². The molecule has 0 aromatic rings. The Kier molecular flexibility index (Phi) is 3.35. The minimum Gasteiger partial charge on any atom is -0.259 e. The van der Waals surface area contributed by atoms with Crippen LogP contribution < -0.4 is 0 Å². The molecule has 0 amide bonds. The van der Waals surface area contributed by atoms with Crippen LogP contribution in [0.5, 0.6) is 0 Å². The second-order valence-corrected chi connectivity index (χ2v) is 9.88. The summed E-state index contributed by atoms with van der Waals surface area (Å²) in [5, 5.41) is 22.0. The molecule has 146 valence electrons. The first-order chi connectivity index (χ1) is 13.7. The van der Waals surface area contributed by atoms with Crippen molar-refractivity contribution in [2.24, 2.45) is 34.0 Å². The smallest absolute Gasteiger partial charge is 0.258 e. The largest absolute Gasteiger partial charge is 0.259 e. The summed E-state index contributed by atoms with van der Waals surface area (Å²) < 4.78 is 0. The number of rotatable bonds is 1. The third-order valence-electron chi connectivity index (χ3n) is 8.01. The zero-order chi connectivity index (χ0) is 20.8. The first kappa shape index (κ1) is 18.1. The minimum atomic E-state index is -0.755. The quantitative estimate of drug-likeness (QED) is 0.343. The highest BCUT2D eigenvalue weighted by molar-refractivity contribution is 5.69. The highest BCUT2D eigenvalue weighted by Gasteiger charge is 2.75. The third kappa shape index (κ3) is 1.89. The molecule has 0 heterocycles. The molecule has 4 atom stereocenters. The molecule has 4 nitrogen and oxygen atoms in total. The van der Waals surface area contributed by atoms with Gasteiger partial charge in [-0.15, -0.1) is 0 Å². The van der Waals surface area contributed by atoms with Crippen LogP contribution in [0, 0.1) is 55.4 Å². The highest BCUT2D eigenvalue weighted by Crippen LogP contribution is 2.77. The van der Waals surface area contributed by atoms with Gasteiger partial charge >= 0.3 is 0 Å². The van der Waals surface area contributed by atoms with Gasteiger partial charge in [-0.2, -0.15) is 5.26 Å². The summed E-state index contributed by atoms with van der Waals surface area (Å²) in [5.41, 5.74) is 3.09. The maximum Gasteiger partial charge on any atom is 0.258 e. The van der Waals surface area contributed by atoms with E-state index in [4.69, 9.17) is 0 Å². The summed E-state index contributed by atoms with van der Waals surface area (Å²) in [6.07, 6.45) is 18.2. The molecule has 0 saturated heterocycles. The molecule has 1 saturated carbocycles. The van der Waals surface area contributed by atoms with Crippen LogP contribution in [0.2, 0.25) is 0 Å². The van der Waals surface area contributed by atoms with Crippen LogP contribution in [0.25, 0.3) is 0 Å². The molecule has 0 aromatic carbocycles. The molecule has 0 N–H and O–H groups in total. The van der Waals surface area contributed by atoms with E-state index in [0.717, 1.165) is 22.3 Å². The van der Waals surface area contributed by atoms with Gasteiger partial charge in [0.1, 0.15) is 0 Å². The Hall–Kier alpha value is -2.93. The van der Waals surface area contributed by atoms with Crippen LogP contribution in [-0.2, 0) is 0 Å². The Balaban J connectivity index is 1.94. The van der Waals surface area contributed by atoms with E-state index in [-0.39, 0.29) is 33.5 Å². The molecule has 0 aromatic heterocycles. The van der Waals surface area contributed by atoms with Crippen molar-refractivity contribution in [2.75, 3.05) is 0 Å². The Bertz CT molecular complexity index is 1110. The number of hydrogen-bond acceptors (Lipinski definition) is 3. The van der Waals surface area contributed by atoms with E-state index >= 15 is 0 Å². The molecular weight excluding hydrogens is 360 g/mol. The van der Waals surface area contributed by atoms with Gasteiger partial charge in [0, 0.05) is 23.5 Å². The Morgan fingerprint density at radius 3 is 2.66 bits per heavy atom. The number of nitrogens with zero attached hydrogens (tertiary/aromatic N) is 2. The van der Waals surface area contributed by atoms with Gasteiger partial charge < -0.3 is 0 Å². The SMILES string of the molecule is CC1(C)C=CC2=CC3C4C=CC=C/C(=C\C#N)C4C4(C([N+](=O)[O-])=CC1=C24)C3(C)C. The fourth-order valence-electron chi connectivity index (χ4n) is 6.86. The van der Waals surface area contributed by atoms with Crippen LogP contribution in [0.1, 0.15) is 27.7 Å². The third-order valence-corrected chi connectivity index (χ3v) is 8.01. The number of allylic oxidation sites excluding steroid dienone is 13. The Labute approximate surface area is 171 Å². The Morgan fingerprint density at radius 1 is 1.21 bits per heavy atom. The molecule has 1 fully saturated rings. The van der Waals surface area contributed by atoms with E-state index in [2.05, 4.69) is 58.1 Å². The van der Waals surface area contributed by atoms with Crippen molar-refractivity contribution >= 4 is 0 Å². The van der Waals surface area contributed by atoms with Crippen molar-refractivity contribution in [3.8, 4) is 6.07 Å². The summed E-state index contributed by atoms with van der Waals surface area (Å²) in [4.78, 5) is 12.3. The lowest BCUT2D eigenvalue weighted by Crippen LogP contribution is -2.47. The van der Waals surface area contributed by atoms with Gasteiger partial charge in [0.05, 0.1) is 16.4 Å². The summed E-state index contributed by atoms with van der Waals surface area (Å²) in [5.74, 6) is 0.111. The van der Waals surface area contributed by atoms with Crippen LogP contribution in [0.4, 0.5) is 0 Å². The molecule has 4 unspecified atom stereocenters. The van der Waals surface area contributed by atoms with Gasteiger partial charge in [-0.3, -0.25) is 10.1 Å². The van der Waals surface area contributed by atoms with Crippen LogP contribution in [-0.4, -0.2) is 4.92 Å². The average Bonchev–Trinajstić information content (AvgIpc) is 2.93. The molecule has 5 aliphatic rings. The molecular formula is C25H24N2O2. The maximum absolute atomic E-state index is 12.5. The molecule has 5 rings (SSSR count). The van der Waals surface area contributed by atoms with Crippen molar-refractivity contribution in [3.63, 3.8) is 0 Å². The number of fused-ring (bicyclic) bond motifs is 3. The van der Waals surface area contributed by atoms with Gasteiger partial charge in [0.2, 0.25) is 0 Å². The number of nitriles is 1. The molecule has 1 spiro atoms. The highest BCUT2D eigenvalue weighted by atomic mass is 16.6. The van der Waals surface area contributed by atoms with Crippen molar-refractivity contribution in [1.29, 1.82) is 5.26 Å². The molecule has 29 heavy (non-hydrogen) atoms. The molecule has 0 radical (unpaired) electrons. The lowest BCUT2D eigenvalue weighted by molar-refractivity contribution is -0.443. The predicted molar refractivity (Wildman–Crippen MR) is 112 cm³/mol. The van der Waals surface area contributed by atoms with Crippen LogP contribution in [0.3, 0.4) is 0 Å². The standard InChI is InChI=1S/C25H24N2O2/c1-23(2)11-9-16-13-18-17-8-6-5-7-15(10-12-26)21(17)25(24(18,3)4)20(27(28)29)14-19(23)22(16)25/h5-11,13-14,17-18,21H,1-4H3/b15-10+. The van der Waals surface area contributed by atoms with E-state index in [1.54, 1.807) is 6.08 Å². The van der Waals surface area contributed by atoms with Crippen LogP contribution >= 0.6 is 0 Å². The zero-order valence-corrected chi connectivity index (χ0v) is 17.1. The summed E-state index contributed by atoms with van der Waals surface area (Å²) in [6.45, 7) is 8.61. The monoisotopic (exact) mass is 384 g/mol. The second-order valence-electron chi connectivity index (χ2n) is 9.88. The predicted octanol–water partition coefficient (Wildman–Crippen LogP) is 5.44. The van der Waals surface area contributed by atoms with Crippen molar-refractivity contribution in [3.05, 3.63) is 92.8 Å². The van der Waals surface area contributed by atoms with E-state index in [9.17, 15) is 15.4 Å². The van der Waals surface area contributed by atoms with Crippen molar-refractivity contribution in [2.45, 2.75) is 27.7 Å². The fraction of sp³-hybridized carbons (Fsp3) is 0.400. The van der Waals surface area contributed by atoms with Gasteiger partial charge in [0.25, 0.3) is 5.70 Å². The topological polar surface area (TPSA) is 66.9 Å². The van der Waals surface area contributed by atoms with Gasteiger partial charge in [-0.25, -0.2) is 0 Å². The van der Waals surface area contributed by atoms with E-state index in [0.29, 0.717) is 5.70 Å². The van der Waals surface area contributed by atoms with Crippen LogP contribution in [0.15, 0.2) is 82.7 Å². The molecule has 0 aliphatic heterocycles. The number of nitro groups is 1. The van der Waals surface area contributed by atoms with E-state index in [1.807, 2.05) is 24.3 Å².